The molecule has 8 nitrogen and oxygen atoms in total. The second-order valence-electron chi connectivity index (χ2n) is 8.16. The third kappa shape index (κ3) is 5.34. The van der Waals surface area contributed by atoms with Crippen LogP contribution in [0, 0.1) is 18.3 Å². The van der Waals surface area contributed by atoms with Crippen LogP contribution in [-0.4, -0.2) is 30.5 Å². The lowest BCUT2D eigenvalue weighted by atomic mass is 10.1. The summed E-state index contributed by atoms with van der Waals surface area (Å²) in [4.78, 5) is 16.6. The number of nitriles is 1. The first kappa shape index (κ1) is 24.0. The van der Waals surface area contributed by atoms with Crippen molar-refractivity contribution in [1.82, 2.24) is 19.6 Å². The summed E-state index contributed by atoms with van der Waals surface area (Å²) >= 11 is 0. The molecule has 4 rings (SSSR count). The van der Waals surface area contributed by atoms with Gasteiger partial charge in [-0.1, -0.05) is 36.8 Å². The van der Waals surface area contributed by atoms with Gasteiger partial charge in [0.2, 0.25) is 0 Å². The molecule has 0 saturated heterocycles. The fourth-order valence-electron chi connectivity index (χ4n) is 3.82. The Morgan fingerprint density at radius 3 is 2.46 bits per heavy atom. The predicted molar refractivity (Wildman–Crippen MR) is 134 cm³/mol. The summed E-state index contributed by atoms with van der Waals surface area (Å²) in [5.41, 5.74) is 5.28. The van der Waals surface area contributed by atoms with E-state index in [-0.39, 0.29) is 11.4 Å². The number of nitrogens with zero attached hydrogens (tertiary/aromatic N) is 3. The van der Waals surface area contributed by atoms with E-state index in [1.807, 2.05) is 48.0 Å². The summed E-state index contributed by atoms with van der Waals surface area (Å²) in [6, 6.07) is 19.4. The van der Waals surface area contributed by atoms with Gasteiger partial charge >= 0.3 is 6.03 Å². The van der Waals surface area contributed by atoms with Crippen molar-refractivity contribution in [1.29, 1.82) is 5.26 Å². The number of urea groups is 1. The number of sulfonamides is 1. The Bertz CT molecular complexity index is 1520. The molecular formula is C26H25N5O3S. The van der Waals surface area contributed by atoms with Crippen LogP contribution in [0.1, 0.15) is 29.3 Å². The van der Waals surface area contributed by atoms with E-state index in [2.05, 4.69) is 27.9 Å². The lowest BCUT2D eigenvalue weighted by Crippen LogP contribution is -2.40. The molecule has 0 aliphatic rings. The highest BCUT2D eigenvalue weighted by Crippen LogP contribution is 2.24. The maximum Gasteiger partial charge on any atom is 0.328 e. The number of pyridine rings is 1. The van der Waals surface area contributed by atoms with Crippen LogP contribution < -0.4 is 10.0 Å². The normalized spacial score (nSPS) is 11.2. The molecule has 0 atom stereocenters. The molecule has 9 heteroatoms. The van der Waals surface area contributed by atoms with Gasteiger partial charge in [-0.3, -0.25) is 4.57 Å². The molecule has 0 unspecified atom stereocenters. The molecule has 4 aromatic rings. The van der Waals surface area contributed by atoms with Crippen LogP contribution in [0.5, 0.6) is 0 Å². The topological polar surface area (TPSA) is 117 Å². The van der Waals surface area contributed by atoms with Crippen molar-refractivity contribution in [2.45, 2.75) is 31.6 Å². The Morgan fingerprint density at radius 1 is 1.09 bits per heavy atom. The number of fused-ring (bicyclic) bond motifs is 1. The lowest BCUT2D eigenvalue weighted by Gasteiger charge is -2.11. The zero-order valence-electron chi connectivity index (χ0n) is 19.4. The van der Waals surface area contributed by atoms with Gasteiger partial charge in [-0.2, -0.15) is 5.26 Å². The van der Waals surface area contributed by atoms with Crippen LogP contribution in [0.3, 0.4) is 0 Å². The Labute approximate surface area is 204 Å². The Hall–Kier alpha value is -4.16. The van der Waals surface area contributed by atoms with E-state index in [1.165, 1.54) is 12.1 Å². The van der Waals surface area contributed by atoms with Gasteiger partial charge in [0.1, 0.15) is 11.7 Å². The number of hydrogen-bond donors (Lipinski definition) is 2. The zero-order chi connectivity index (χ0) is 25.0. The molecule has 178 valence electrons. The summed E-state index contributed by atoms with van der Waals surface area (Å²) in [5.74, 6) is 0. The third-order valence-electron chi connectivity index (χ3n) is 5.66. The predicted octanol–water partition coefficient (Wildman–Crippen LogP) is 4.00. The van der Waals surface area contributed by atoms with Crippen molar-refractivity contribution in [2.24, 2.45) is 0 Å². The van der Waals surface area contributed by atoms with Crippen molar-refractivity contribution < 1.29 is 13.2 Å². The number of amides is 2. The molecule has 2 aromatic heterocycles. The molecule has 2 amide bonds. The Morgan fingerprint density at radius 2 is 1.80 bits per heavy atom. The molecule has 35 heavy (non-hydrogen) atoms. The summed E-state index contributed by atoms with van der Waals surface area (Å²) in [6.07, 6.45) is 2.92. The fraction of sp³-hybridized carbons (Fsp3) is 0.192. The Kier molecular flexibility index (Phi) is 6.85. The van der Waals surface area contributed by atoms with Gasteiger partial charge in [0.05, 0.1) is 10.5 Å². The van der Waals surface area contributed by atoms with E-state index in [4.69, 9.17) is 5.26 Å². The van der Waals surface area contributed by atoms with Crippen molar-refractivity contribution in [3.63, 3.8) is 0 Å². The quantitative estimate of drug-likeness (QED) is 0.409. The highest BCUT2D eigenvalue weighted by Gasteiger charge is 2.17. The monoisotopic (exact) mass is 487 g/mol. The fourth-order valence-corrected chi connectivity index (χ4v) is 4.75. The third-order valence-corrected chi connectivity index (χ3v) is 7.01. The molecule has 0 radical (unpaired) electrons. The first-order chi connectivity index (χ1) is 16.8. The van der Waals surface area contributed by atoms with Crippen LogP contribution in [0.4, 0.5) is 4.79 Å². The summed E-state index contributed by atoms with van der Waals surface area (Å²) in [5, 5.41) is 12.7. The second kappa shape index (κ2) is 9.99. The SMILES string of the molecule is CCc1cc2cc(C#N)cnc2n1-c1ccc(CCNC(=O)NS(=O)(=O)c2ccc(C)cc2)cc1. The van der Waals surface area contributed by atoms with Crippen LogP contribution in [-0.2, 0) is 22.9 Å². The van der Waals surface area contributed by atoms with Gasteiger partial charge in [0.25, 0.3) is 10.0 Å². The number of nitrogens with one attached hydrogen (secondary N) is 2. The number of aryl methyl sites for hydroxylation is 2. The highest BCUT2D eigenvalue weighted by atomic mass is 32.2. The number of aromatic nitrogens is 2. The molecule has 0 aliphatic heterocycles. The van der Waals surface area contributed by atoms with Gasteiger partial charge in [-0.25, -0.2) is 22.9 Å². The summed E-state index contributed by atoms with van der Waals surface area (Å²) in [7, 11) is -3.92. The lowest BCUT2D eigenvalue weighted by molar-refractivity contribution is 0.246. The molecule has 0 saturated carbocycles. The minimum atomic E-state index is -3.92. The van der Waals surface area contributed by atoms with Gasteiger partial charge in [0.15, 0.2) is 0 Å². The van der Waals surface area contributed by atoms with Crippen molar-refractivity contribution in [3.8, 4) is 11.8 Å². The average molecular weight is 488 g/mol. The number of carbonyl (C=O) groups is 1. The van der Waals surface area contributed by atoms with Crippen LogP contribution in [0.15, 0.2) is 71.8 Å². The minimum absolute atomic E-state index is 0.0381. The van der Waals surface area contributed by atoms with E-state index in [0.29, 0.717) is 12.0 Å². The standard InChI is InChI=1S/C26H25N5O3S/c1-3-22-15-21-14-20(16-27)17-29-25(21)31(22)23-8-6-19(7-9-23)12-13-28-26(32)30-35(33,34)24-10-4-18(2)5-11-24/h4-11,14-15,17H,3,12-13H2,1-2H3,(H2,28,30,32). The van der Waals surface area contributed by atoms with E-state index in [9.17, 15) is 13.2 Å². The molecule has 2 aromatic carbocycles. The molecule has 0 spiro atoms. The molecular weight excluding hydrogens is 462 g/mol. The van der Waals surface area contributed by atoms with Crippen molar-refractivity contribution >= 4 is 27.1 Å². The van der Waals surface area contributed by atoms with Crippen LogP contribution in [0.2, 0.25) is 0 Å². The molecule has 2 heterocycles. The van der Waals surface area contributed by atoms with Crippen LogP contribution in [0.25, 0.3) is 16.7 Å². The summed E-state index contributed by atoms with van der Waals surface area (Å²) in [6.45, 7) is 4.20. The number of benzene rings is 2. The first-order valence-electron chi connectivity index (χ1n) is 11.2. The Balaban J connectivity index is 1.39. The second-order valence-corrected chi connectivity index (χ2v) is 9.85. The molecule has 2 N–H and O–H groups in total. The maximum atomic E-state index is 12.3. The van der Waals surface area contributed by atoms with E-state index in [0.717, 1.165) is 40.0 Å². The first-order valence-corrected chi connectivity index (χ1v) is 12.7. The van der Waals surface area contributed by atoms with Gasteiger partial charge in [-0.05, 0) is 61.7 Å². The van der Waals surface area contributed by atoms with E-state index in [1.54, 1.807) is 18.3 Å². The minimum Gasteiger partial charge on any atom is -0.337 e. The smallest absolute Gasteiger partial charge is 0.328 e. The maximum absolute atomic E-state index is 12.3. The van der Waals surface area contributed by atoms with Crippen LogP contribution >= 0.6 is 0 Å². The zero-order valence-corrected chi connectivity index (χ0v) is 20.3. The summed E-state index contributed by atoms with van der Waals surface area (Å²) < 4.78 is 28.8. The molecule has 0 aliphatic carbocycles. The molecule has 0 bridgehead atoms. The van der Waals surface area contributed by atoms with Crippen molar-refractivity contribution in [2.75, 3.05) is 6.54 Å². The number of rotatable bonds is 7. The highest BCUT2D eigenvalue weighted by molar-refractivity contribution is 7.90. The van der Waals surface area contributed by atoms with Crippen molar-refractivity contribution in [3.05, 3.63) is 89.2 Å². The number of hydrogen-bond acceptors (Lipinski definition) is 5. The average Bonchev–Trinajstić information content (AvgIpc) is 3.22. The molecule has 0 fully saturated rings. The largest absolute Gasteiger partial charge is 0.337 e. The van der Waals surface area contributed by atoms with Gasteiger partial charge < -0.3 is 5.32 Å². The van der Waals surface area contributed by atoms with Gasteiger partial charge in [-0.15, -0.1) is 0 Å². The van der Waals surface area contributed by atoms with Gasteiger partial charge in [0, 0.05) is 29.5 Å². The van der Waals surface area contributed by atoms with E-state index >= 15 is 0 Å². The number of carbonyl (C=O) groups excluding carboxylic acids is 1. The van der Waals surface area contributed by atoms with E-state index < -0.39 is 16.1 Å².